The first-order chi connectivity index (χ1) is 7.06. The fourth-order valence-corrected chi connectivity index (χ4v) is 1.56. The standard InChI is InChI=1S/C13H21NO/c1-4-11(2)7-8-13(3,15)12-6-5-9-14-10-12/h5-6,9-11,15H,4,7-8H2,1-3H3. The van der Waals surface area contributed by atoms with Crippen molar-refractivity contribution in [2.75, 3.05) is 0 Å². The van der Waals surface area contributed by atoms with Gasteiger partial charge in [-0.15, -0.1) is 0 Å². The predicted molar refractivity (Wildman–Crippen MR) is 62.5 cm³/mol. The van der Waals surface area contributed by atoms with E-state index in [1.165, 1.54) is 6.42 Å². The Morgan fingerprint density at radius 1 is 1.53 bits per heavy atom. The zero-order valence-electron chi connectivity index (χ0n) is 9.90. The fraction of sp³-hybridized carbons (Fsp3) is 0.615. The molecule has 0 fully saturated rings. The summed E-state index contributed by atoms with van der Waals surface area (Å²) < 4.78 is 0. The van der Waals surface area contributed by atoms with Crippen LogP contribution in [-0.2, 0) is 5.60 Å². The van der Waals surface area contributed by atoms with Gasteiger partial charge in [0.05, 0.1) is 5.60 Å². The van der Waals surface area contributed by atoms with Crippen molar-refractivity contribution in [3.8, 4) is 0 Å². The summed E-state index contributed by atoms with van der Waals surface area (Å²) in [7, 11) is 0. The summed E-state index contributed by atoms with van der Waals surface area (Å²) >= 11 is 0. The Kier molecular flexibility index (Phi) is 4.28. The fourth-order valence-electron chi connectivity index (χ4n) is 1.56. The molecule has 0 amide bonds. The first-order valence-corrected chi connectivity index (χ1v) is 5.69. The van der Waals surface area contributed by atoms with Gasteiger partial charge in [0.25, 0.3) is 0 Å². The molecule has 0 radical (unpaired) electrons. The Labute approximate surface area is 92.4 Å². The van der Waals surface area contributed by atoms with E-state index in [9.17, 15) is 5.11 Å². The lowest BCUT2D eigenvalue weighted by atomic mass is 9.88. The minimum Gasteiger partial charge on any atom is -0.385 e. The second kappa shape index (κ2) is 5.26. The van der Waals surface area contributed by atoms with Gasteiger partial charge in [-0.05, 0) is 31.7 Å². The van der Waals surface area contributed by atoms with E-state index in [1.54, 1.807) is 12.4 Å². The number of hydrogen-bond acceptors (Lipinski definition) is 2. The number of hydrogen-bond donors (Lipinski definition) is 1. The normalized spacial score (nSPS) is 17.1. The van der Waals surface area contributed by atoms with Crippen LogP contribution in [0.5, 0.6) is 0 Å². The summed E-state index contributed by atoms with van der Waals surface area (Å²) in [4.78, 5) is 4.04. The molecular weight excluding hydrogens is 186 g/mol. The van der Waals surface area contributed by atoms with Gasteiger partial charge in [0.2, 0.25) is 0 Å². The average molecular weight is 207 g/mol. The molecule has 1 rings (SSSR count). The minimum absolute atomic E-state index is 0.674. The highest BCUT2D eigenvalue weighted by atomic mass is 16.3. The van der Waals surface area contributed by atoms with Crippen LogP contribution in [0.2, 0.25) is 0 Å². The topological polar surface area (TPSA) is 33.1 Å². The molecule has 2 unspecified atom stereocenters. The Balaban J connectivity index is 2.59. The van der Waals surface area contributed by atoms with Gasteiger partial charge in [-0.1, -0.05) is 26.3 Å². The number of rotatable bonds is 5. The molecule has 2 heteroatoms. The van der Waals surface area contributed by atoms with E-state index in [4.69, 9.17) is 0 Å². The van der Waals surface area contributed by atoms with Crippen molar-refractivity contribution in [3.63, 3.8) is 0 Å². The summed E-state index contributed by atoms with van der Waals surface area (Å²) in [6.07, 6.45) is 6.50. The van der Waals surface area contributed by atoms with Gasteiger partial charge in [-0.2, -0.15) is 0 Å². The van der Waals surface area contributed by atoms with E-state index in [0.29, 0.717) is 5.92 Å². The third kappa shape index (κ3) is 3.63. The Bertz CT molecular complexity index is 282. The summed E-state index contributed by atoms with van der Waals surface area (Å²) in [5.74, 6) is 0.674. The molecule has 0 saturated carbocycles. The zero-order chi connectivity index (χ0) is 11.3. The van der Waals surface area contributed by atoms with E-state index in [2.05, 4.69) is 18.8 Å². The molecule has 0 spiro atoms. The van der Waals surface area contributed by atoms with Crippen molar-refractivity contribution in [2.45, 2.75) is 45.6 Å². The first kappa shape index (κ1) is 12.2. The van der Waals surface area contributed by atoms with Gasteiger partial charge in [0, 0.05) is 18.0 Å². The molecule has 84 valence electrons. The van der Waals surface area contributed by atoms with Crippen LogP contribution >= 0.6 is 0 Å². The Morgan fingerprint density at radius 3 is 2.80 bits per heavy atom. The average Bonchev–Trinajstić information content (AvgIpc) is 2.27. The van der Waals surface area contributed by atoms with Crippen molar-refractivity contribution in [1.82, 2.24) is 4.98 Å². The highest BCUT2D eigenvalue weighted by Gasteiger charge is 2.23. The quantitative estimate of drug-likeness (QED) is 0.804. The van der Waals surface area contributed by atoms with Crippen LogP contribution in [-0.4, -0.2) is 10.1 Å². The maximum absolute atomic E-state index is 10.3. The van der Waals surface area contributed by atoms with Crippen LogP contribution < -0.4 is 0 Å². The summed E-state index contributed by atoms with van der Waals surface area (Å²) in [5.41, 5.74) is 0.172. The summed E-state index contributed by atoms with van der Waals surface area (Å²) in [5, 5.41) is 10.3. The van der Waals surface area contributed by atoms with Crippen molar-refractivity contribution < 1.29 is 5.11 Å². The predicted octanol–water partition coefficient (Wildman–Crippen LogP) is 3.12. The highest BCUT2D eigenvalue weighted by Crippen LogP contribution is 2.27. The molecule has 0 bridgehead atoms. The zero-order valence-corrected chi connectivity index (χ0v) is 9.90. The number of nitrogens with zero attached hydrogens (tertiary/aromatic N) is 1. The van der Waals surface area contributed by atoms with Crippen LogP contribution in [0.15, 0.2) is 24.5 Å². The molecule has 15 heavy (non-hydrogen) atoms. The molecule has 1 N–H and O–H groups in total. The lowest BCUT2D eigenvalue weighted by molar-refractivity contribution is 0.0409. The van der Waals surface area contributed by atoms with Crippen LogP contribution in [0.4, 0.5) is 0 Å². The Morgan fingerprint density at radius 2 is 2.27 bits per heavy atom. The minimum atomic E-state index is -0.738. The van der Waals surface area contributed by atoms with Crippen molar-refractivity contribution in [3.05, 3.63) is 30.1 Å². The highest BCUT2D eigenvalue weighted by molar-refractivity contribution is 5.16. The number of pyridine rings is 1. The second-order valence-electron chi connectivity index (χ2n) is 4.57. The van der Waals surface area contributed by atoms with Crippen LogP contribution in [0, 0.1) is 5.92 Å². The molecule has 1 aromatic rings. The van der Waals surface area contributed by atoms with Gasteiger partial charge in [-0.3, -0.25) is 4.98 Å². The van der Waals surface area contributed by atoms with E-state index in [0.717, 1.165) is 18.4 Å². The van der Waals surface area contributed by atoms with Gasteiger partial charge >= 0.3 is 0 Å². The van der Waals surface area contributed by atoms with Crippen molar-refractivity contribution in [2.24, 2.45) is 5.92 Å². The molecule has 2 nitrogen and oxygen atoms in total. The summed E-state index contributed by atoms with van der Waals surface area (Å²) in [6, 6.07) is 3.80. The SMILES string of the molecule is CCC(C)CCC(C)(O)c1cccnc1. The molecule has 2 atom stereocenters. The lowest BCUT2D eigenvalue weighted by Crippen LogP contribution is -2.22. The molecule has 0 aliphatic heterocycles. The summed E-state index contributed by atoms with van der Waals surface area (Å²) in [6.45, 7) is 6.27. The molecule has 0 aliphatic rings. The third-order valence-corrected chi connectivity index (χ3v) is 3.10. The molecule has 0 aromatic carbocycles. The first-order valence-electron chi connectivity index (χ1n) is 5.69. The van der Waals surface area contributed by atoms with Crippen molar-refractivity contribution in [1.29, 1.82) is 0 Å². The monoisotopic (exact) mass is 207 g/mol. The molecule has 1 heterocycles. The van der Waals surface area contributed by atoms with Crippen LogP contribution in [0.1, 0.15) is 45.6 Å². The number of aromatic nitrogens is 1. The smallest absolute Gasteiger partial charge is 0.0883 e. The van der Waals surface area contributed by atoms with E-state index in [1.807, 2.05) is 19.1 Å². The Hall–Kier alpha value is -0.890. The molecule has 1 aromatic heterocycles. The van der Waals surface area contributed by atoms with E-state index in [-0.39, 0.29) is 0 Å². The maximum Gasteiger partial charge on any atom is 0.0883 e. The lowest BCUT2D eigenvalue weighted by Gasteiger charge is -2.24. The van der Waals surface area contributed by atoms with Crippen LogP contribution in [0.3, 0.4) is 0 Å². The maximum atomic E-state index is 10.3. The largest absolute Gasteiger partial charge is 0.385 e. The van der Waals surface area contributed by atoms with Crippen molar-refractivity contribution >= 4 is 0 Å². The number of aliphatic hydroxyl groups is 1. The molecule has 0 saturated heterocycles. The van der Waals surface area contributed by atoms with E-state index >= 15 is 0 Å². The second-order valence-corrected chi connectivity index (χ2v) is 4.57. The molecular formula is C13H21NO. The molecule has 0 aliphatic carbocycles. The third-order valence-electron chi connectivity index (χ3n) is 3.10. The van der Waals surface area contributed by atoms with Gasteiger partial charge in [-0.25, -0.2) is 0 Å². The van der Waals surface area contributed by atoms with E-state index < -0.39 is 5.60 Å². The van der Waals surface area contributed by atoms with Crippen LogP contribution in [0.25, 0.3) is 0 Å². The van der Waals surface area contributed by atoms with Gasteiger partial charge < -0.3 is 5.11 Å². The van der Waals surface area contributed by atoms with Gasteiger partial charge in [0.15, 0.2) is 0 Å². The van der Waals surface area contributed by atoms with Gasteiger partial charge in [0.1, 0.15) is 0 Å².